The van der Waals surface area contributed by atoms with E-state index in [9.17, 15) is 0 Å². The van der Waals surface area contributed by atoms with E-state index in [4.69, 9.17) is 33.3 Å². The van der Waals surface area contributed by atoms with E-state index in [1.54, 1.807) is 7.11 Å². The molecule has 4 rings (SSSR count). The molecule has 2 atom stereocenters. The molecule has 0 unspecified atom stereocenters. The van der Waals surface area contributed by atoms with Crippen molar-refractivity contribution in [3.05, 3.63) is 77.3 Å². The first kappa shape index (κ1) is 22.6. The topological polar surface area (TPSA) is 51.6 Å². The largest absolute Gasteiger partial charge is 0.490 e. The van der Waals surface area contributed by atoms with E-state index in [0.717, 1.165) is 17.1 Å². The molecule has 0 amide bonds. The molecule has 1 saturated heterocycles. The maximum absolute atomic E-state index is 6.57. The summed E-state index contributed by atoms with van der Waals surface area (Å²) in [6.45, 7) is 5.28. The molecule has 168 valence electrons. The number of nitrogens with one attached hydrogen (secondary N) is 1. The van der Waals surface area contributed by atoms with Crippen molar-refractivity contribution in [2.24, 2.45) is 0 Å². The molecular formula is C24H27ClN4O2S. The molecule has 0 bridgehead atoms. The summed E-state index contributed by atoms with van der Waals surface area (Å²) < 4.78 is 13.0. The molecule has 0 aliphatic carbocycles. The van der Waals surface area contributed by atoms with Crippen LogP contribution in [0.2, 0.25) is 5.02 Å². The highest BCUT2D eigenvalue weighted by atomic mass is 35.5. The zero-order valence-corrected chi connectivity index (χ0v) is 19.9. The summed E-state index contributed by atoms with van der Waals surface area (Å²) >= 11 is 12.4. The van der Waals surface area contributed by atoms with Gasteiger partial charge in [-0.3, -0.25) is 4.98 Å². The lowest BCUT2D eigenvalue weighted by atomic mass is 10.0. The number of benzene rings is 1. The first-order valence-electron chi connectivity index (χ1n) is 10.6. The lowest BCUT2D eigenvalue weighted by Gasteiger charge is -2.30. The number of rotatable bonds is 8. The Morgan fingerprint density at radius 1 is 1.16 bits per heavy atom. The molecule has 0 saturated carbocycles. The van der Waals surface area contributed by atoms with Gasteiger partial charge in [0, 0.05) is 36.9 Å². The first-order chi connectivity index (χ1) is 15.5. The van der Waals surface area contributed by atoms with Crippen molar-refractivity contribution >= 4 is 34.6 Å². The molecule has 1 aromatic carbocycles. The van der Waals surface area contributed by atoms with Gasteiger partial charge in [-0.05, 0) is 68.5 Å². The lowest BCUT2D eigenvalue weighted by Crippen LogP contribution is -2.30. The minimum Gasteiger partial charge on any atom is -0.490 e. The molecule has 0 spiro atoms. The average molecular weight is 471 g/mol. The van der Waals surface area contributed by atoms with Gasteiger partial charge in [0.2, 0.25) is 0 Å². The fourth-order valence-electron chi connectivity index (χ4n) is 4.05. The molecule has 1 aliphatic rings. The summed E-state index contributed by atoms with van der Waals surface area (Å²) in [6.07, 6.45) is 3.92. The Hall–Kier alpha value is -2.61. The van der Waals surface area contributed by atoms with Crippen LogP contribution in [0.5, 0.6) is 5.75 Å². The molecule has 2 aromatic heterocycles. The fourth-order valence-corrected chi connectivity index (χ4v) is 4.63. The zero-order chi connectivity index (χ0) is 22.7. The number of hydrogen-bond acceptors (Lipinski definition) is 4. The summed E-state index contributed by atoms with van der Waals surface area (Å²) in [5.74, 6) is 0.619. The number of pyridine rings is 1. The Labute approximate surface area is 199 Å². The van der Waals surface area contributed by atoms with Crippen LogP contribution >= 0.6 is 23.8 Å². The highest BCUT2D eigenvalue weighted by molar-refractivity contribution is 7.80. The molecule has 3 heterocycles. The van der Waals surface area contributed by atoms with Gasteiger partial charge in [0.15, 0.2) is 5.11 Å². The third kappa shape index (κ3) is 4.46. The molecule has 8 heteroatoms. The van der Waals surface area contributed by atoms with Gasteiger partial charge in [-0.25, -0.2) is 0 Å². The Morgan fingerprint density at radius 2 is 2.00 bits per heavy atom. The number of halogens is 1. The summed E-state index contributed by atoms with van der Waals surface area (Å²) in [5.41, 5.74) is 2.98. The van der Waals surface area contributed by atoms with Crippen LogP contribution in [0.3, 0.4) is 0 Å². The van der Waals surface area contributed by atoms with Crippen LogP contribution in [0.15, 0.2) is 60.9 Å². The van der Waals surface area contributed by atoms with Crippen LogP contribution in [-0.4, -0.2) is 35.0 Å². The second-order valence-electron chi connectivity index (χ2n) is 7.89. The van der Waals surface area contributed by atoms with E-state index >= 15 is 0 Å². The number of thiocarbonyl (C=S) groups is 1. The van der Waals surface area contributed by atoms with Crippen LogP contribution < -0.4 is 15.0 Å². The van der Waals surface area contributed by atoms with E-state index in [2.05, 4.69) is 51.9 Å². The number of methoxy groups -OCH3 is 1. The first-order valence-corrected chi connectivity index (χ1v) is 11.4. The molecule has 1 N–H and O–H groups in total. The molecule has 3 aromatic rings. The molecule has 6 nitrogen and oxygen atoms in total. The predicted octanol–water partition coefficient (Wildman–Crippen LogP) is 5.32. The average Bonchev–Trinajstić information content (AvgIpc) is 3.40. The van der Waals surface area contributed by atoms with E-state index < -0.39 is 0 Å². The second kappa shape index (κ2) is 9.90. The van der Waals surface area contributed by atoms with Crippen LogP contribution in [0, 0.1) is 0 Å². The van der Waals surface area contributed by atoms with Gasteiger partial charge in [0.05, 0.1) is 23.4 Å². The van der Waals surface area contributed by atoms with Crippen molar-refractivity contribution in [3.63, 3.8) is 0 Å². The molecule has 0 radical (unpaired) electrons. The monoisotopic (exact) mass is 470 g/mol. The Balaban J connectivity index is 1.75. The minimum atomic E-state index is -0.104. The van der Waals surface area contributed by atoms with Crippen molar-refractivity contribution in [1.82, 2.24) is 14.9 Å². The quantitative estimate of drug-likeness (QED) is 0.355. The number of anilines is 1. The third-order valence-corrected chi connectivity index (χ3v) is 6.12. The van der Waals surface area contributed by atoms with Gasteiger partial charge in [0.1, 0.15) is 18.4 Å². The smallest absolute Gasteiger partial charge is 0.174 e. The van der Waals surface area contributed by atoms with E-state index in [-0.39, 0.29) is 12.1 Å². The highest BCUT2D eigenvalue weighted by Gasteiger charge is 2.42. The standard InChI is InChI=1S/C24H27ClN4O2S/c1-16(2)28-12-6-8-20(28)23-22(19-7-4-5-11-26-19)27-24(32)29(23)17-9-10-21(18(25)15-17)31-14-13-30-3/h4-12,15-16,22-23H,13-14H2,1-3H3,(H,27,32)/t22-,23+/m0/s1. The van der Waals surface area contributed by atoms with Crippen molar-refractivity contribution < 1.29 is 9.47 Å². The van der Waals surface area contributed by atoms with Crippen molar-refractivity contribution in [2.45, 2.75) is 32.0 Å². The molecule has 1 fully saturated rings. The second-order valence-corrected chi connectivity index (χ2v) is 8.68. The number of nitrogens with zero attached hydrogens (tertiary/aromatic N) is 3. The third-order valence-electron chi connectivity index (χ3n) is 5.51. The maximum atomic E-state index is 6.57. The van der Waals surface area contributed by atoms with Crippen LogP contribution in [0.4, 0.5) is 5.69 Å². The van der Waals surface area contributed by atoms with Gasteiger partial charge in [0.25, 0.3) is 0 Å². The van der Waals surface area contributed by atoms with Crippen LogP contribution in [0.1, 0.15) is 43.4 Å². The van der Waals surface area contributed by atoms with Crippen LogP contribution in [0.25, 0.3) is 0 Å². The van der Waals surface area contributed by atoms with E-state index in [0.29, 0.717) is 35.1 Å². The molecule has 32 heavy (non-hydrogen) atoms. The van der Waals surface area contributed by atoms with Gasteiger partial charge < -0.3 is 24.3 Å². The van der Waals surface area contributed by atoms with Gasteiger partial charge >= 0.3 is 0 Å². The van der Waals surface area contributed by atoms with Crippen molar-refractivity contribution in [1.29, 1.82) is 0 Å². The van der Waals surface area contributed by atoms with Crippen molar-refractivity contribution in [3.8, 4) is 5.75 Å². The van der Waals surface area contributed by atoms with E-state index in [1.807, 2.05) is 42.6 Å². The number of hydrogen-bond donors (Lipinski definition) is 1. The summed E-state index contributed by atoms with van der Waals surface area (Å²) in [4.78, 5) is 6.73. The van der Waals surface area contributed by atoms with E-state index in [1.165, 1.54) is 0 Å². The van der Waals surface area contributed by atoms with Gasteiger partial charge in [-0.2, -0.15) is 0 Å². The molecular weight excluding hydrogens is 444 g/mol. The summed E-state index contributed by atoms with van der Waals surface area (Å²) in [5, 5.41) is 4.65. The predicted molar refractivity (Wildman–Crippen MR) is 132 cm³/mol. The minimum absolute atomic E-state index is 0.0915. The zero-order valence-electron chi connectivity index (χ0n) is 18.4. The number of ether oxygens (including phenoxy) is 2. The van der Waals surface area contributed by atoms with Gasteiger partial charge in [-0.1, -0.05) is 17.7 Å². The molecule has 1 aliphatic heterocycles. The lowest BCUT2D eigenvalue weighted by molar-refractivity contribution is 0.146. The summed E-state index contributed by atoms with van der Waals surface area (Å²) in [6, 6.07) is 16.0. The summed E-state index contributed by atoms with van der Waals surface area (Å²) in [7, 11) is 1.64. The van der Waals surface area contributed by atoms with Crippen molar-refractivity contribution in [2.75, 3.05) is 25.2 Å². The van der Waals surface area contributed by atoms with Gasteiger partial charge in [-0.15, -0.1) is 0 Å². The highest BCUT2D eigenvalue weighted by Crippen LogP contribution is 2.43. The number of aromatic nitrogens is 2. The fraction of sp³-hybridized carbons (Fsp3) is 0.333. The maximum Gasteiger partial charge on any atom is 0.174 e. The Morgan fingerprint density at radius 3 is 2.69 bits per heavy atom. The normalized spacial score (nSPS) is 18.3. The van der Waals surface area contributed by atoms with Crippen LogP contribution in [-0.2, 0) is 4.74 Å². The SMILES string of the molecule is COCCOc1ccc(N2C(=S)N[C@@H](c3ccccn3)[C@H]2c2cccn2C(C)C)cc1Cl. The Bertz CT molecular complexity index is 1070. The Kier molecular flexibility index (Phi) is 6.98.